The van der Waals surface area contributed by atoms with E-state index in [1.54, 1.807) is 0 Å². The van der Waals surface area contributed by atoms with E-state index in [1.165, 1.54) is 23.2 Å². The largest absolute Gasteiger partial charge is 0.476 e. The summed E-state index contributed by atoms with van der Waals surface area (Å²) < 4.78 is 26.9. The molecular weight excluding hydrogens is 218 g/mol. The summed E-state index contributed by atoms with van der Waals surface area (Å²) in [6.07, 6.45) is 2.44. The molecule has 1 aromatic carbocycles. The van der Waals surface area contributed by atoms with Crippen molar-refractivity contribution < 1.29 is 18.7 Å². The van der Waals surface area contributed by atoms with Gasteiger partial charge in [-0.05, 0) is 12.1 Å². The lowest BCUT2D eigenvalue weighted by atomic mass is 10.3. The predicted octanol–water partition coefficient (Wildman–Crippen LogP) is 1.85. The highest BCUT2D eigenvalue weighted by molar-refractivity contribution is 5.85. The molecule has 0 aliphatic heterocycles. The third-order valence-corrected chi connectivity index (χ3v) is 2.00. The molecule has 6 heteroatoms. The Balaban J connectivity index is 2.42. The Hall–Kier alpha value is -2.24. The number of aromatic nitrogens is 2. The van der Waals surface area contributed by atoms with Crippen molar-refractivity contribution in [3.8, 4) is 5.69 Å². The molecule has 0 saturated carbocycles. The minimum atomic E-state index is -1.18. The van der Waals surface area contributed by atoms with E-state index in [2.05, 4.69) is 4.98 Å². The number of carboxylic acid groups (broad SMARTS) is 1. The minimum absolute atomic E-state index is 0.162. The predicted molar refractivity (Wildman–Crippen MR) is 50.4 cm³/mol. The van der Waals surface area contributed by atoms with Crippen molar-refractivity contribution in [3.63, 3.8) is 0 Å². The topological polar surface area (TPSA) is 55.1 Å². The van der Waals surface area contributed by atoms with Gasteiger partial charge in [-0.3, -0.25) is 0 Å². The molecule has 0 aliphatic carbocycles. The molecule has 0 aliphatic rings. The number of carboxylic acids is 1. The van der Waals surface area contributed by atoms with E-state index < -0.39 is 17.6 Å². The van der Waals surface area contributed by atoms with Crippen LogP contribution in [0.4, 0.5) is 8.78 Å². The zero-order valence-corrected chi connectivity index (χ0v) is 7.89. The molecule has 0 fully saturated rings. The molecule has 0 atom stereocenters. The standard InChI is InChI=1S/C10H6F2N2O2/c11-7-2-1-6(3-8(7)12)14-4-9(10(15)16)13-5-14/h1-5H,(H,15,16). The first-order valence-corrected chi connectivity index (χ1v) is 4.30. The highest BCUT2D eigenvalue weighted by Gasteiger charge is 2.09. The molecule has 0 radical (unpaired) electrons. The first-order valence-electron chi connectivity index (χ1n) is 4.30. The van der Waals surface area contributed by atoms with Crippen LogP contribution in [-0.2, 0) is 0 Å². The van der Waals surface area contributed by atoms with E-state index >= 15 is 0 Å². The van der Waals surface area contributed by atoms with Crippen LogP contribution in [0.15, 0.2) is 30.7 Å². The van der Waals surface area contributed by atoms with Gasteiger partial charge in [-0.15, -0.1) is 0 Å². The summed E-state index contributed by atoms with van der Waals surface area (Å²) in [4.78, 5) is 14.1. The van der Waals surface area contributed by atoms with E-state index in [-0.39, 0.29) is 5.69 Å². The maximum atomic E-state index is 12.9. The third-order valence-electron chi connectivity index (χ3n) is 2.00. The molecule has 1 N–H and O–H groups in total. The van der Waals surface area contributed by atoms with Gasteiger partial charge < -0.3 is 9.67 Å². The number of imidazole rings is 1. The van der Waals surface area contributed by atoms with Gasteiger partial charge >= 0.3 is 5.97 Å². The molecule has 2 rings (SSSR count). The van der Waals surface area contributed by atoms with Crippen molar-refractivity contribution in [2.45, 2.75) is 0 Å². The SMILES string of the molecule is O=C(O)c1cn(-c2ccc(F)c(F)c2)cn1. The molecule has 0 bridgehead atoms. The Morgan fingerprint density at radius 2 is 2.06 bits per heavy atom. The second-order valence-corrected chi connectivity index (χ2v) is 3.07. The van der Waals surface area contributed by atoms with E-state index in [0.29, 0.717) is 5.69 Å². The van der Waals surface area contributed by atoms with Crippen LogP contribution >= 0.6 is 0 Å². The van der Waals surface area contributed by atoms with Crippen LogP contribution in [0.1, 0.15) is 10.5 Å². The van der Waals surface area contributed by atoms with Crippen molar-refractivity contribution in [1.29, 1.82) is 0 Å². The molecule has 0 spiro atoms. The second-order valence-electron chi connectivity index (χ2n) is 3.07. The number of rotatable bonds is 2. The van der Waals surface area contributed by atoms with Crippen molar-refractivity contribution >= 4 is 5.97 Å². The Morgan fingerprint density at radius 3 is 2.62 bits per heavy atom. The fourth-order valence-corrected chi connectivity index (χ4v) is 1.22. The number of aromatic carboxylic acids is 1. The van der Waals surface area contributed by atoms with Crippen LogP contribution in [0.25, 0.3) is 5.69 Å². The third kappa shape index (κ3) is 1.77. The normalized spacial score (nSPS) is 10.4. The van der Waals surface area contributed by atoms with Gasteiger partial charge in [0.1, 0.15) is 6.33 Å². The van der Waals surface area contributed by atoms with Gasteiger partial charge in [-0.1, -0.05) is 0 Å². The fourth-order valence-electron chi connectivity index (χ4n) is 1.22. The van der Waals surface area contributed by atoms with Gasteiger partial charge in [-0.2, -0.15) is 0 Å². The monoisotopic (exact) mass is 224 g/mol. The number of hydrogen-bond acceptors (Lipinski definition) is 2. The molecule has 0 unspecified atom stereocenters. The van der Waals surface area contributed by atoms with Crippen LogP contribution in [-0.4, -0.2) is 20.6 Å². The summed E-state index contributed by atoms with van der Waals surface area (Å²) in [7, 11) is 0. The molecular formula is C10H6F2N2O2. The lowest BCUT2D eigenvalue weighted by Crippen LogP contribution is -1.96. The molecule has 2 aromatic rings. The second kappa shape index (κ2) is 3.73. The van der Waals surface area contributed by atoms with Gasteiger partial charge in [0, 0.05) is 18.0 Å². The van der Waals surface area contributed by atoms with Crippen molar-refractivity contribution in [1.82, 2.24) is 9.55 Å². The molecule has 1 heterocycles. The van der Waals surface area contributed by atoms with E-state index in [0.717, 1.165) is 12.1 Å². The summed E-state index contributed by atoms with van der Waals surface area (Å²) >= 11 is 0. The number of carbonyl (C=O) groups is 1. The number of halogens is 2. The molecule has 16 heavy (non-hydrogen) atoms. The summed E-state index contributed by atoms with van der Waals surface area (Å²) in [6.45, 7) is 0. The molecule has 0 saturated heterocycles. The van der Waals surface area contributed by atoms with Gasteiger partial charge in [0.15, 0.2) is 17.3 Å². The van der Waals surface area contributed by atoms with Gasteiger partial charge in [0.2, 0.25) is 0 Å². The van der Waals surface area contributed by atoms with Crippen molar-refractivity contribution in [2.75, 3.05) is 0 Å². The molecule has 82 valence electrons. The highest BCUT2D eigenvalue weighted by Crippen LogP contribution is 2.13. The maximum Gasteiger partial charge on any atom is 0.356 e. The van der Waals surface area contributed by atoms with Crippen LogP contribution < -0.4 is 0 Å². The average molecular weight is 224 g/mol. The van der Waals surface area contributed by atoms with E-state index in [9.17, 15) is 13.6 Å². The van der Waals surface area contributed by atoms with Gasteiger partial charge in [-0.25, -0.2) is 18.6 Å². The van der Waals surface area contributed by atoms with Gasteiger partial charge in [0.05, 0.1) is 0 Å². The van der Waals surface area contributed by atoms with Crippen molar-refractivity contribution in [3.05, 3.63) is 48.1 Å². The first-order chi connectivity index (χ1) is 7.58. The van der Waals surface area contributed by atoms with Crippen LogP contribution in [0, 0.1) is 11.6 Å². The fraction of sp³-hybridized carbons (Fsp3) is 0. The number of hydrogen-bond donors (Lipinski definition) is 1. The molecule has 1 aromatic heterocycles. The Morgan fingerprint density at radius 1 is 1.31 bits per heavy atom. The molecule has 0 amide bonds. The van der Waals surface area contributed by atoms with Crippen LogP contribution in [0.5, 0.6) is 0 Å². The quantitative estimate of drug-likeness (QED) is 0.846. The highest BCUT2D eigenvalue weighted by atomic mass is 19.2. The maximum absolute atomic E-state index is 12.9. The number of benzene rings is 1. The summed E-state index contributed by atoms with van der Waals surface area (Å²) in [6, 6.07) is 3.25. The van der Waals surface area contributed by atoms with Crippen molar-refractivity contribution in [2.24, 2.45) is 0 Å². The van der Waals surface area contributed by atoms with Gasteiger partial charge in [0.25, 0.3) is 0 Å². The smallest absolute Gasteiger partial charge is 0.356 e. The zero-order valence-electron chi connectivity index (χ0n) is 7.89. The Bertz CT molecular complexity index is 552. The average Bonchev–Trinajstić information content (AvgIpc) is 2.71. The van der Waals surface area contributed by atoms with E-state index in [4.69, 9.17) is 5.11 Å². The Kier molecular flexibility index (Phi) is 2.40. The van der Waals surface area contributed by atoms with Crippen LogP contribution in [0.2, 0.25) is 0 Å². The number of nitrogens with zero attached hydrogens (tertiary/aromatic N) is 2. The molecule has 4 nitrogen and oxygen atoms in total. The summed E-state index contributed by atoms with van der Waals surface area (Å²) in [5, 5.41) is 8.63. The summed E-state index contributed by atoms with van der Waals surface area (Å²) in [5.74, 6) is -3.13. The lowest BCUT2D eigenvalue weighted by molar-refractivity contribution is 0.0691. The van der Waals surface area contributed by atoms with E-state index in [1.807, 2.05) is 0 Å². The van der Waals surface area contributed by atoms with Crippen LogP contribution in [0.3, 0.4) is 0 Å². The lowest BCUT2D eigenvalue weighted by Gasteiger charge is -2.01. The summed E-state index contributed by atoms with van der Waals surface area (Å²) in [5.41, 5.74) is 0.142. The first kappa shape index (κ1) is 10.3. The zero-order chi connectivity index (χ0) is 11.7. The minimum Gasteiger partial charge on any atom is -0.476 e. The Labute approximate surface area is 88.8 Å².